The molecule has 1 atom stereocenters. The van der Waals surface area contributed by atoms with Gasteiger partial charge in [-0.1, -0.05) is 40.0 Å². The molecule has 2 aliphatic heterocycles. The molecule has 1 aliphatic carbocycles. The number of carbonyl (C=O) groups is 1. The number of nitrogens with one attached hydrogen (secondary N) is 2. The van der Waals surface area contributed by atoms with Crippen molar-refractivity contribution >= 4 is 17.9 Å². The molecule has 3 heterocycles. The first-order valence-corrected chi connectivity index (χ1v) is 11.7. The smallest absolute Gasteiger partial charge is 0.225 e. The van der Waals surface area contributed by atoms with Crippen LogP contribution in [0.4, 0.5) is 5.82 Å². The number of likely N-dealkylation sites (tertiary alicyclic amines) is 1. The molecule has 2 N–H and O–H groups in total. The van der Waals surface area contributed by atoms with Crippen molar-refractivity contribution < 1.29 is 4.79 Å². The van der Waals surface area contributed by atoms with Crippen molar-refractivity contribution in [3.8, 4) is 0 Å². The largest absolute Gasteiger partial charge is 0.342 e. The fraction of sp³-hybridized carbons (Fsp3) is 0.818. The lowest BCUT2D eigenvalue weighted by Gasteiger charge is -2.43. The summed E-state index contributed by atoms with van der Waals surface area (Å²) in [7, 11) is 0. The van der Waals surface area contributed by atoms with Gasteiger partial charge in [-0.2, -0.15) is 0 Å². The minimum Gasteiger partial charge on any atom is -0.342 e. The van der Waals surface area contributed by atoms with Gasteiger partial charge in [0.05, 0.1) is 18.3 Å². The topological polar surface area (TPSA) is 66.6 Å². The summed E-state index contributed by atoms with van der Waals surface area (Å²) in [6.45, 7) is 8.93. The van der Waals surface area contributed by atoms with E-state index in [0.29, 0.717) is 18.0 Å². The molecule has 1 aromatic rings. The van der Waals surface area contributed by atoms with Crippen molar-refractivity contribution in [2.24, 2.45) is 10.9 Å². The van der Waals surface area contributed by atoms with Crippen molar-refractivity contribution in [2.75, 3.05) is 25.0 Å². The van der Waals surface area contributed by atoms with Gasteiger partial charge < -0.3 is 10.2 Å². The highest BCUT2D eigenvalue weighted by Crippen LogP contribution is 2.40. The van der Waals surface area contributed by atoms with Crippen LogP contribution < -0.4 is 10.6 Å². The maximum absolute atomic E-state index is 12.4. The van der Waals surface area contributed by atoms with Gasteiger partial charge in [0.15, 0.2) is 12.1 Å². The van der Waals surface area contributed by atoms with E-state index in [1.165, 1.54) is 50.0 Å². The lowest BCUT2D eigenvalue weighted by atomic mass is 10.0. The average Bonchev–Trinajstić information content (AvgIpc) is 3.23. The summed E-state index contributed by atoms with van der Waals surface area (Å²) in [5, 5.41) is 7.15. The van der Waals surface area contributed by atoms with E-state index in [2.05, 4.69) is 38.0 Å². The normalized spacial score (nSPS) is 23.0. The second-order valence-electron chi connectivity index (χ2n) is 9.21. The Morgan fingerprint density at radius 2 is 1.86 bits per heavy atom. The summed E-state index contributed by atoms with van der Waals surface area (Å²) >= 11 is 0. The van der Waals surface area contributed by atoms with Gasteiger partial charge in [-0.05, 0) is 38.6 Å². The number of hydrogen-bond donors (Lipinski definition) is 2. The molecule has 29 heavy (non-hydrogen) atoms. The minimum atomic E-state index is -0.0314. The molecule has 7 nitrogen and oxygen atoms in total. The van der Waals surface area contributed by atoms with E-state index in [-0.39, 0.29) is 12.2 Å². The van der Waals surface area contributed by atoms with Gasteiger partial charge in [-0.15, -0.1) is 0 Å². The van der Waals surface area contributed by atoms with Crippen LogP contribution in [0.2, 0.25) is 0 Å². The lowest BCUT2D eigenvalue weighted by Crippen LogP contribution is -2.47. The molecule has 2 fully saturated rings. The molecular weight excluding hydrogens is 364 g/mol. The van der Waals surface area contributed by atoms with Crippen LogP contribution in [0.25, 0.3) is 0 Å². The van der Waals surface area contributed by atoms with Gasteiger partial charge >= 0.3 is 0 Å². The summed E-state index contributed by atoms with van der Waals surface area (Å²) < 4.78 is 5.04. The Labute approximate surface area is 174 Å². The molecule has 0 aromatic carbocycles. The molecular formula is C22H38N6O. The molecule has 0 bridgehead atoms. The van der Waals surface area contributed by atoms with Gasteiger partial charge in [-0.3, -0.25) is 24.5 Å². The number of hydrogen-bond acceptors (Lipinski definition) is 4. The number of piperidine rings is 1. The van der Waals surface area contributed by atoms with Crippen LogP contribution in [-0.4, -0.2) is 52.3 Å². The Morgan fingerprint density at radius 1 is 1.17 bits per heavy atom. The van der Waals surface area contributed by atoms with E-state index in [0.717, 1.165) is 32.5 Å². The third-order valence-electron chi connectivity index (χ3n) is 6.72. The van der Waals surface area contributed by atoms with E-state index >= 15 is 0 Å². The number of fused-ring (bicyclic) bond motifs is 1. The summed E-state index contributed by atoms with van der Waals surface area (Å²) in [6, 6.07) is 1.06. The lowest BCUT2D eigenvalue weighted by molar-refractivity contribution is -0.135. The van der Waals surface area contributed by atoms with Crippen LogP contribution >= 0.6 is 0 Å². The van der Waals surface area contributed by atoms with Gasteiger partial charge in [0.25, 0.3) is 0 Å². The standard InChI is InChI=1S/C22H38N6O/c1-4-5-12-23-22-24-15-19-20(25-22)28(27(19)17-8-6-7-9-17)18-10-13-26(14-11-18)21(29)16(2)3/h15-18,22-23,25H,4-14H2,1-3H3. The van der Waals surface area contributed by atoms with Gasteiger partial charge in [0, 0.05) is 19.0 Å². The molecule has 162 valence electrons. The molecule has 3 aliphatic rings. The number of rotatable bonds is 7. The first-order valence-electron chi connectivity index (χ1n) is 11.7. The Bertz CT molecular complexity index is 719. The summed E-state index contributed by atoms with van der Waals surface area (Å²) in [5.74, 6) is 1.61. The Kier molecular flexibility index (Phi) is 6.32. The monoisotopic (exact) mass is 402 g/mol. The summed E-state index contributed by atoms with van der Waals surface area (Å²) in [5.41, 5.74) is 1.26. The van der Waals surface area contributed by atoms with Crippen LogP contribution in [0.5, 0.6) is 0 Å². The predicted molar refractivity (Wildman–Crippen MR) is 118 cm³/mol. The van der Waals surface area contributed by atoms with Crippen molar-refractivity contribution in [1.29, 1.82) is 0 Å². The Balaban J connectivity index is 1.49. The van der Waals surface area contributed by atoms with E-state index in [1.807, 2.05) is 13.8 Å². The second-order valence-corrected chi connectivity index (χ2v) is 9.21. The van der Waals surface area contributed by atoms with Crippen molar-refractivity contribution in [1.82, 2.24) is 19.6 Å². The van der Waals surface area contributed by atoms with Crippen molar-refractivity contribution in [3.05, 3.63) is 5.69 Å². The summed E-state index contributed by atoms with van der Waals surface area (Å²) in [4.78, 5) is 19.2. The van der Waals surface area contributed by atoms with E-state index in [1.54, 1.807) is 0 Å². The third-order valence-corrected chi connectivity index (χ3v) is 6.72. The first kappa shape index (κ1) is 20.5. The second kappa shape index (κ2) is 8.94. The fourth-order valence-electron chi connectivity index (χ4n) is 5.07. The quantitative estimate of drug-likeness (QED) is 0.683. The molecule has 1 saturated heterocycles. The maximum Gasteiger partial charge on any atom is 0.225 e. The SMILES string of the molecule is CCCCNC1N=Cc2c(n(C3CCN(C(=O)C(C)C)CC3)n2C2CCCC2)N1. The maximum atomic E-state index is 12.4. The van der Waals surface area contributed by atoms with Gasteiger partial charge in [0.1, 0.15) is 5.69 Å². The molecule has 1 unspecified atom stereocenters. The zero-order valence-corrected chi connectivity index (χ0v) is 18.4. The average molecular weight is 403 g/mol. The number of anilines is 1. The number of aromatic nitrogens is 2. The number of carbonyl (C=O) groups excluding carboxylic acids is 1. The van der Waals surface area contributed by atoms with Gasteiger partial charge in [0.2, 0.25) is 5.91 Å². The number of nitrogens with zero attached hydrogens (tertiary/aromatic N) is 4. The number of amides is 1. The highest BCUT2D eigenvalue weighted by atomic mass is 16.2. The molecule has 0 spiro atoms. The molecule has 1 saturated carbocycles. The van der Waals surface area contributed by atoms with Crippen LogP contribution in [0.15, 0.2) is 4.99 Å². The molecule has 7 heteroatoms. The number of aliphatic imine (C=N–C) groups is 1. The van der Waals surface area contributed by atoms with Crippen LogP contribution in [0, 0.1) is 5.92 Å². The highest BCUT2D eigenvalue weighted by Gasteiger charge is 2.36. The van der Waals surface area contributed by atoms with Crippen molar-refractivity contribution in [3.63, 3.8) is 0 Å². The van der Waals surface area contributed by atoms with Crippen molar-refractivity contribution in [2.45, 2.75) is 90.5 Å². The zero-order chi connectivity index (χ0) is 20.4. The molecule has 1 aromatic heterocycles. The van der Waals surface area contributed by atoms with Crippen LogP contribution in [0.3, 0.4) is 0 Å². The van der Waals surface area contributed by atoms with E-state index in [4.69, 9.17) is 4.99 Å². The van der Waals surface area contributed by atoms with Crippen LogP contribution in [0.1, 0.15) is 89.9 Å². The molecule has 1 amide bonds. The minimum absolute atomic E-state index is 0.0314. The molecule has 0 radical (unpaired) electrons. The fourth-order valence-corrected chi connectivity index (χ4v) is 5.07. The predicted octanol–water partition coefficient (Wildman–Crippen LogP) is 3.74. The first-order chi connectivity index (χ1) is 14.1. The molecule has 4 rings (SSSR count). The number of unbranched alkanes of at least 4 members (excludes halogenated alkanes) is 1. The Morgan fingerprint density at radius 3 is 2.52 bits per heavy atom. The third kappa shape index (κ3) is 4.11. The van der Waals surface area contributed by atoms with Crippen LogP contribution in [-0.2, 0) is 4.79 Å². The summed E-state index contributed by atoms with van der Waals surface area (Å²) in [6.07, 6.45) is 11.6. The van der Waals surface area contributed by atoms with E-state index in [9.17, 15) is 4.79 Å². The Hall–Kier alpha value is -1.76. The van der Waals surface area contributed by atoms with Gasteiger partial charge in [-0.25, -0.2) is 0 Å². The van der Waals surface area contributed by atoms with E-state index < -0.39 is 0 Å². The zero-order valence-electron chi connectivity index (χ0n) is 18.4. The highest BCUT2D eigenvalue weighted by molar-refractivity contribution is 5.87.